The highest BCUT2D eigenvalue weighted by molar-refractivity contribution is 7.90. The average molecular weight is 438 g/mol. The van der Waals surface area contributed by atoms with Gasteiger partial charge in [-0.3, -0.25) is 4.79 Å². The number of amides is 1. The van der Waals surface area contributed by atoms with Gasteiger partial charge in [0.1, 0.15) is 0 Å². The monoisotopic (exact) mass is 437 g/mol. The SMILES string of the molecule is CC(C)S(=O)(=O)NC1CCC(C(=O)Nc2cccc(N3C[C@@H](C)O[C@@H](C)C3)c2)CC1. The molecule has 1 aromatic carbocycles. The van der Waals surface area contributed by atoms with Crippen molar-refractivity contribution in [3.8, 4) is 0 Å². The molecule has 7 nitrogen and oxygen atoms in total. The van der Waals surface area contributed by atoms with Crippen LogP contribution in [-0.2, 0) is 19.6 Å². The maximum atomic E-state index is 12.8. The number of carbonyl (C=O) groups is 1. The van der Waals surface area contributed by atoms with E-state index in [-0.39, 0.29) is 30.1 Å². The maximum Gasteiger partial charge on any atom is 0.227 e. The van der Waals surface area contributed by atoms with Gasteiger partial charge in [0.2, 0.25) is 15.9 Å². The van der Waals surface area contributed by atoms with Crippen molar-refractivity contribution in [3.05, 3.63) is 24.3 Å². The zero-order valence-corrected chi connectivity index (χ0v) is 19.2. The Hall–Kier alpha value is -1.64. The molecule has 3 rings (SSSR count). The van der Waals surface area contributed by atoms with E-state index in [0.717, 1.165) is 24.5 Å². The minimum absolute atomic E-state index is 0.0148. The van der Waals surface area contributed by atoms with Gasteiger partial charge in [0.15, 0.2) is 0 Å². The molecule has 0 spiro atoms. The topological polar surface area (TPSA) is 87.7 Å². The lowest BCUT2D eigenvalue weighted by atomic mass is 9.86. The van der Waals surface area contributed by atoms with E-state index in [4.69, 9.17) is 4.74 Å². The van der Waals surface area contributed by atoms with E-state index in [1.165, 1.54) is 0 Å². The molecule has 0 aromatic heterocycles. The molecule has 1 saturated heterocycles. The summed E-state index contributed by atoms with van der Waals surface area (Å²) in [4.78, 5) is 15.1. The molecule has 2 atom stereocenters. The summed E-state index contributed by atoms with van der Waals surface area (Å²) in [5.41, 5.74) is 1.88. The summed E-state index contributed by atoms with van der Waals surface area (Å²) in [7, 11) is -3.27. The number of ether oxygens (including phenoxy) is 1. The minimum Gasteiger partial charge on any atom is -0.372 e. The molecule has 30 heavy (non-hydrogen) atoms. The van der Waals surface area contributed by atoms with Crippen LogP contribution in [0.1, 0.15) is 53.4 Å². The van der Waals surface area contributed by atoms with Crippen LogP contribution in [-0.4, -0.2) is 50.9 Å². The van der Waals surface area contributed by atoms with Crippen molar-refractivity contribution in [2.75, 3.05) is 23.3 Å². The first-order valence-electron chi connectivity index (χ1n) is 11.0. The molecule has 1 amide bonds. The van der Waals surface area contributed by atoms with Crippen LogP contribution in [0.4, 0.5) is 11.4 Å². The molecule has 8 heteroatoms. The van der Waals surface area contributed by atoms with Crippen molar-refractivity contribution in [3.63, 3.8) is 0 Å². The third-order valence-corrected chi connectivity index (χ3v) is 7.85. The van der Waals surface area contributed by atoms with Crippen LogP contribution in [0.5, 0.6) is 0 Å². The summed E-state index contributed by atoms with van der Waals surface area (Å²) in [6.45, 7) is 9.16. The molecule has 1 saturated carbocycles. The Balaban J connectivity index is 1.54. The van der Waals surface area contributed by atoms with Crippen LogP contribution in [0, 0.1) is 5.92 Å². The average Bonchev–Trinajstić information content (AvgIpc) is 2.67. The first-order valence-corrected chi connectivity index (χ1v) is 12.5. The Morgan fingerprint density at radius 3 is 2.33 bits per heavy atom. The number of sulfonamides is 1. The summed E-state index contributed by atoms with van der Waals surface area (Å²) in [6.07, 6.45) is 3.11. The molecular weight excluding hydrogens is 402 g/mol. The van der Waals surface area contributed by atoms with E-state index in [1.54, 1.807) is 13.8 Å². The fourth-order valence-electron chi connectivity index (χ4n) is 4.26. The zero-order chi connectivity index (χ0) is 21.9. The molecule has 0 bridgehead atoms. The quantitative estimate of drug-likeness (QED) is 0.714. The van der Waals surface area contributed by atoms with Gasteiger partial charge >= 0.3 is 0 Å². The number of morpholine rings is 1. The van der Waals surface area contributed by atoms with Crippen LogP contribution in [0.25, 0.3) is 0 Å². The molecule has 1 aliphatic carbocycles. The standard InChI is InChI=1S/C22H35N3O4S/c1-15(2)30(27,28)24-19-10-8-18(9-11-19)22(26)23-20-6-5-7-21(12-20)25-13-16(3)29-17(4)14-25/h5-7,12,15-19,24H,8-11,13-14H2,1-4H3,(H,23,26)/t16-,17+,18?,19?. The predicted molar refractivity (Wildman–Crippen MR) is 120 cm³/mol. The Kier molecular flexibility index (Phi) is 7.42. The van der Waals surface area contributed by atoms with E-state index in [0.29, 0.717) is 25.7 Å². The van der Waals surface area contributed by atoms with E-state index >= 15 is 0 Å². The summed E-state index contributed by atoms with van der Waals surface area (Å²) < 4.78 is 32.7. The van der Waals surface area contributed by atoms with Gasteiger partial charge in [0, 0.05) is 36.4 Å². The molecule has 1 aliphatic heterocycles. The van der Waals surface area contributed by atoms with Crippen molar-refractivity contribution in [2.24, 2.45) is 5.92 Å². The van der Waals surface area contributed by atoms with E-state index in [2.05, 4.69) is 34.9 Å². The molecule has 168 valence electrons. The highest BCUT2D eigenvalue weighted by atomic mass is 32.2. The second-order valence-electron chi connectivity index (χ2n) is 8.96. The van der Waals surface area contributed by atoms with Crippen molar-refractivity contribution in [1.29, 1.82) is 0 Å². The molecule has 0 radical (unpaired) electrons. The Bertz CT molecular complexity index is 825. The second-order valence-corrected chi connectivity index (χ2v) is 11.2. The van der Waals surface area contributed by atoms with Gasteiger partial charge in [-0.25, -0.2) is 13.1 Å². The van der Waals surface area contributed by atoms with Crippen molar-refractivity contribution < 1.29 is 17.9 Å². The number of benzene rings is 1. The summed E-state index contributed by atoms with van der Waals surface area (Å²) >= 11 is 0. The number of nitrogens with one attached hydrogen (secondary N) is 2. The van der Waals surface area contributed by atoms with Crippen LogP contribution >= 0.6 is 0 Å². The van der Waals surface area contributed by atoms with Crippen LogP contribution < -0.4 is 14.9 Å². The summed E-state index contributed by atoms with van der Waals surface area (Å²) in [5.74, 6) is -0.0714. The molecule has 1 heterocycles. The number of rotatable bonds is 6. The summed E-state index contributed by atoms with van der Waals surface area (Å²) in [6, 6.07) is 7.89. The van der Waals surface area contributed by atoms with Crippen LogP contribution in [0.15, 0.2) is 24.3 Å². The number of carbonyl (C=O) groups excluding carboxylic acids is 1. The normalized spacial score (nSPS) is 27.8. The third-order valence-electron chi connectivity index (χ3n) is 5.95. The Labute approximate surface area is 180 Å². The van der Waals surface area contributed by atoms with E-state index < -0.39 is 15.3 Å². The highest BCUT2D eigenvalue weighted by Gasteiger charge is 2.29. The van der Waals surface area contributed by atoms with Crippen molar-refractivity contribution >= 4 is 27.3 Å². The Morgan fingerprint density at radius 2 is 1.73 bits per heavy atom. The number of hydrogen-bond donors (Lipinski definition) is 2. The van der Waals surface area contributed by atoms with Crippen LogP contribution in [0.2, 0.25) is 0 Å². The third kappa shape index (κ3) is 5.95. The Morgan fingerprint density at radius 1 is 1.10 bits per heavy atom. The lowest BCUT2D eigenvalue weighted by Crippen LogP contribution is -2.45. The molecule has 0 unspecified atom stereocenters. The van der Waals surface area contributed by atoms with Gasteiger partial charge in [-0.2, -0.15) is 0 Å². The predicted octanol–water partition coefficient (Wildman–Crippen LogP) is 3.13. The molecule has 2 N–H and O–H groups in total. The highest BCUT2D eigenvalue weighted by Crippen LogP contribution is 2.28. The fourth-order valence-corrected chi connectivity index (χ4v) is 5.23. The second kappa shape index (κ2) is 9.66. The summed E-state index contributed by atoms with van der Waals surface area (Å²) in [5, 5.41) is 2.62. The molecule has 1 aromatic rings. The zero-order valence-electron chi connectivity index (χ0n) is 18.4. The number of anilines is 2. The molecular formula is C22H35N3O4S. The van der Waals surface area contributed by atoms with E-state index in [9.17, 15) is 13.2 Å². The van der Waals surface area contributed by atoms with E-state index in [1.807, 2.05) is 18.2 Å². The first kappa shape index (κ1) is 23.0. The van der Waals surface area contributed by atoms with Gasteiger partial charge in [-0.05, 0) is 71.6 Å². The lowest BCUT2D eigenvalue weighted by molar-refractivity contribution is -0.120. The smallest absolute Gasteiger partial charge is 0.227 e. The van der Waals surface area contributed by atoms with Gasteiger partial charge in [-0.15, -0.1) is 0 Å². The van der Waals surface area contributed by atoms with Gasteiger partial charge in [0.25, 0.3) is 0 Å². The number of hydrogen-bond acceptors (Lipinski definition) is 5. The van der Waals surface area contributed by atoms with Crippen molar-refractivity contribution in [1.82, 2.24) is 4.72 Å². The van der Waals surface area contributed by atoms with Crippen LogP contribution in [0.3, 0.4) is 0 Å². The lowest BCUT2D eigenvalue weighted by Gasteiger charge is -2.37. The minimum atomic E-state index is -3.27. The maximum absolute atomic E-state index is 12.8. The van der Waals surface area contributed by atoms with Gasteiger partial charge in [-0.1, -0.05) is 6.07 Å². The van der Waals surface area contributed by atoms with Gasteiger partial charge in [0.05, 0.1) is 17.5 Å². The number of nitrogens with zero attached hydrogens (tertiary/aromatic N) is 1. The molecule has 2 aliphatic rings. The van der Waals surface area contributed by atoms with Gasteiger partial charge < -0.3 is 15.0 Å². The largest absolute Gasteiger partial charge is 0.372 e. The van der Waals surface area contributed by atoms with Crippen molar-refractivity contribution in [2.45, 2.75) is 76.9 Å². The first-order chi connectivity index (χ1) is 14.1. The fraction of sp³-hybridized carbons (Fsp3) is 0.682. The molecule has 2 fully saturated rings.